The standard InChI is InChI=1S/C10H13N3O4/c11-9(15)6-17-2-1-13-10(16)7-3-8(14)5-12-4-7/h3-5,14H,1-2,6H2,(H2,11,15)(H,13,16). The van der Waals surface area contributed by atoms with Gasteiger partial charge in [-0.3, -0.25) is 14.6 Å². The molecular weight excluding hydrogens is 226 g/mol. The Kier molecular flexibility index (Phi) is 4.89. The summed E-state index contributed by atoms with van der Waals surface area (Å²) < 4.78 is 4.85. The van der Waals surface area contributed by atoms with Gasteiger partial charge in [-0.15, -0.1) is 0 Å². The first-order valence-corrected chi connectivity index (χ1v) is 4.88. The molecule has 1 rings (SSSR count). The molecule has 0 aliphatic heterocycles. The van der Waals surface area contributed by atoms with Crippen LogP contribution in [-0.2, 0) is 9.53 Å². The van der Waals surface area contributed by atoms with E-state index in [-0.39, 0.29) is 37.0 Å². The number of nitrogens with zero attached hydrogens (tertiary/aromatic N) is 1. The Hall–Kier alpha value is -2.15. The lowest BCUT2D eigenvalue weighted by atomic mass is 10.2. The molecule has 0 aliphatic rings. The Morgan fingerprint density at radius 1 is 1.47 bits per heavy atom. The van der Waals surface area contributed by atoms with E-state index in [1.807, 2.05) is 0 Å². The lowest BCUT2D eigenvalue weighted by molar-refractivity contribution is -0.122. The van der Waals surface area contributed by atoms with Crippen LogP contribution in [0.5, 0.6) is 5.75 Å². The number of nitrogens with one attached hydrogen (secondary N) is 1. The Bertz CT molecular complexity index is 408. The molecule has 0 saturated carbocycles. The first-order valence-electron chi connectivity index (χ1n) is 4.88. The number of aromatic hydroxyl groups is 1. The summed E-state index contributed by atoms with van der Waals surface area (Å²) in [4.78, 5) is 25.5. The summed E-state index contributed by atoms with van der Waals surface area (Å²) in [7, 11) is 0. The number of pyridine rings is 1. The van der Waals surface area contributed by atoms with E-state index in [1.54, 1.807) is 0 Å². The summed E-state index contributed by atoms with van der Waals surface area (Å²) in [6, 6.07) is 1.30. The molecule has 1 heterocycles. The largest absolute Gasteiger partial charge is 0.506 e. The van der Waals surface area contributed by atoms with Crippen LogP contribution in [0.15, 0.2) is 18.5 Å². The fourth-order valence-corrected chi connectivity index (χ4v) is 1.06. The first-order chi connectivity index (χ1) is 8.09. The van der Waals surface area contributed by atoms with Gasteiger partial charge in [-0.25, -0.2) is 0 Å². The van der Waals surface area contributed by atoms with Gasteiger partial charge in [0.1, 0.15) is 12.4 Å². The number of hydrogen-bond acceptors (Lipinski definition) is 5. The minimum Gasteiger partial charge on any atom is -0.506 e. The Morgan fingerprint density at radius 3 is 2.88 bits per heavy atom. The molecule has 0 atom stereocenters. The number of hydrogen-bond donors (Lipinski definition) is 3. The van der Waals surface area contributed by atoms with E-state index >= 15 is 0 Å². The molecule has 1 aromatic heterocycles. The zero-order chi connectivity index (χ0) is 12.7. The molecule has 0 radical (unpaired) electrons. The van der Waals surface area contributed by atoms with Crippen molar-refractivity contribution >= 4 is 11.8 Å². The van der Waals surface area contributed by atoms with Crippen LogP contribution in [-0.4, -0.2) is 41.7 Å². The van der Waals surface area contributed by atoms with Crippen LogP contribution in [0.1, 0.15) is 10.4 Å². The highest BCUT2D eigenvalue weighted by atomic mass is 16.5. The highest BCUT2D eigenvalue weighted by Gasteiger charge is 2.05. The van der Waals surface area contributed by atoms with Crippen molar-refractivity contribution in [3.05, 3.63) is 24.0 Å². The van der Waals surface area contributed by atoms with E-state index < -0.39 is 5.91 Å². The lowest BCUT2D eigenvalue weighted by Gasteiger charge is -2.05. The first kappa shape index (κ1) is 12.9. The van der Waals surface area contributed by atoms with Crippen molar-refractivity contribution in [2.45, 2.75) is 0 Å². The lowest BCUT2D eigenvalue weighted by Crippen LogP contribution is -2.28. The van der Waals surface area contributed by atoms with Crippen molar-refractivity contribution in [2.75, 3.05) is 19.8 Å². The van der Waals surface area contributed by atoms with E-state index in [9.17, 15) is 9.59 Å². The third kappa shape index (κ3) is 4.94. The topological polar surface area (TPSA) is 115 Å². The molecule has 0 spiro atoms. The Balaban J connectivity index is 2.28. The van der Waals surface area contributed by atoms with Crippen LogP contribution >= 0.6 is 0 Å². The molecule has 1 aromatic rings. The summed E-state index contributed by atoms with van der Waals surface area (Å²) in [5, 5.41) is 11.6. The minimum atomic E-state index is -0.562. The minimum absolute atomic E-state index is 0.0809. The molecule has 92 valence electrons. The Labute approximate surface area is 97.6 Å². The summed E-state index contributed by atoms with van der Waals surface area (Å²) in [6.07, 6.45) is 2.56. The average Bonchev–Trinajstić information content (AvgIpc) is 2.28. The van der Waals surface area contributed by atoms with Gasteiger partial charge in [-0.2, -0.15) is 0 Å². The second-order valence-electron chi connectivity index (χ2n) is 3.21. The quantitative estimate of drug-likeness (QED) is 0.552. The Morgan fingerprint density at radius 2 is 2.24 bits per heavy atom. The highest BCUT2D eigenvalue weighted by Crippen LogP contribution is 2.07. The summed E-state index contributed by atoms with van der Waals surface area (Å²) in [6.45, 7) is 0.242. The summed E-state index contributed by atoms with van der Waals surface area (Å²) in [5.74, 6) is -1.02. The van der Waals surface area contributed by atoms with Crippen LogP contribution in [0, 0.1) is 0 Å². The van der Waals surface area contributed by atoms with Gasteiger partial charge >= 0.3 is 0 Å². The van der Waals surface area contributed by atoms with Crippen molar-refractivity contribution in [2.24, 2.45) is 5.73 Å². The highest BCUT2D eigenvalue weighted by molar-refractivity contribution is 5.94. The molecule has 0 fully saturated rings. The molecular formula is C10H13N3O4. The zero-order valence-corrected chi connectivity index (χ0v) is 9.05. The number of primary amides is 1. The number of carbonyl (C=O) groups excluding carboxylic acids is 2. The van der Waals surface area contributed by atoms with Crippen LogP contribution in [0.3, 0.4) is 0 Å². The van der Waals surface area contributed by atoms with Crippen molar-refractivity contribution in [3.63, 3.8) is 0 Å². The third-order valence-electron chi connectivity index (χ3n) is 1.76. The van der Waals surface area contributed by atoms with Crippen LogP contribution in [0.2, 0.25) is 0 Å². The molecule has 0 bridgehead atoms. The normalized spacial score (nSPS) is 9.88. The second-order valence-corrected chi connectivity index (χ2v) is 3.21. The smallest absolute Gasteiger partial charge is 0.253 e. The van der Waals surface area contributed by atoms with Gasteiger partial charge in [-0.05, 0) is 6.07 Å². The van der Waals surface area contributed by atoms with Crippen molar-refractivity contribution in [1.82, 2.24) is 10.3 Å². The molecule has 0 saturated heterocycles. The van der Waals surface area contributed by atoms with Crippen LogP contribution in [0.4, 0.5) is 0 Å². The van der Waals surface area contributed by atoms with Crippen LogP contribution in [0.25, 0.3) is 0 Å². The van der Waals surface area contributed by atoms with E-state index in [4.69, 9.17) is 15.6 Å². The molecule has 7 nitrogen and oxygen atoms in total. The van der Waals surface area contributed by atoms with E-state index in [0.717, 1.165) is 0 Å². The number of ether oxygens (including phenoxy) is 1. The number of aromatic nitrogens is 1. The van der Waals surface area contributed by atoms with Crippen molar-refractivity contribution in [3.8, 4) is 5.75 Å². The fraction of sp³-hybridized carbons (Fsp3) is 0.300. The predicted octanol–water partition coefficient (Wildman–Crippen LogP) is -0.981. The van der Waals surface area contributed by atoms with Crippen molar-refractivity contribution in [1.29, 1.82) is 0 Å². The number of nitrogens with two attached hydrogens (primary N) is 1. The third-order valence-corrected chi connectivity index (χ3v) is 1.76. The summed E-state index contributed by atoms with van der Waals surface area (Å²) in [5.41, 5.74) is 5.10. The molecule has 0 unspecified atom stereocenters. The average molecular weight is 239 g/mol. The maximum Gasteiger partial charge on any atom is 0.253 e. The van der Waals surface area contributed by atoms with Gasteiger partial charge in [0, 0.05) is 12.7 Å². The molecule has 7 heteroatoms. The van der Waals surface area contributed by atoms with Crippen molar-refractivity contribution < 1.29 is 19.4 Å². The number of amides is 2. The summed E-state index contributed by atoms with van der Waals surface area (Å²) >= 11 is 0. The van der Waals surface area contributed by atoms with Gasteiger partial charge in [0.05, 0.1) is 18.4 Å². The molecule has 17 heavy (non-hydrogen) atoms. The molecule has 0 aliphatic carbocycles. The number of carbonyl (C=O) groups is 2. The second kappa shape index (κ2) is 6.44. The van der Waals surface area contributed by atoms with Gasteiger partial charge in [0.15, 0.2) is 0 Å². The van der Waals surface area contributed by atoms with Gasteiger partial charge < -0.3 is 20.9 Å². The SMILES string of the molecule is NC(=O)COCCNC(=O)c1cncc(O)c1. The molecule has 2 amide bonds. The van der Waals surface area contributed by atoms with Crippen LogP contribution < -0.4 is 11.1 Å². The fourth-order valence-electron chi connectivity index (χ4n) is 1.06. The molecule has 0 aromatic carbocycles. The maximum absolute atomic E-state index is 11.5. The monoisotopic (exact) mass is 239 g/mol. The van der Waals surface area contributed by atoms with Gasteiger partial charge in [0.2, 0.25) is 5.91 Å². The van der Waals surface area contributed by atoms with Gasteiger partial charge in [0.25, 0.3) is 5.91 Å². The number of rotatable bonds is 6. The predicted molar refractivity (Wildman–Crippen MR) is 58.2 cm³/mol. The zero-order valence-electron chi connectivity index (χ0n) is 9.05. The van der Waals surface area contributed by atoms with Gasteiger partial charge in [-0.1, -0.05) is 0 Å². The van der Waals surface area contributed by atoms with E-state index in [0.29, 0.717) is 0 Å². The maximum atomic E-state index is 11.5. The van der Waals surface area contributed by atoms with E-state index in [2.05, 4.69) is 10.3 Å². The molecule has 4 N–H and O–H groups in total. The van der Waals surface area contributed by atoms with E-state index in [1.165, 1.54) is 18.5 Å².